The van der Waals surface area contributed by atoms with Crippen molar-refractivity contribution in [3.63, 3.8) is 0 Å². The van der Waals surface area contributed by atoms with Crippen molar-refractivity contribution in [2.24, 2.45) is 0 Å². The van der Waals surface area contributed by atoms with Gasteiger partial charge >= 0.3 is 0 Å². The Hall–Kier alpha value is 0.310. The third-order valence-electron chi connectivity index (χ3n) is 1.46. The van der Waals surface area contributed by atoms with Crippen molar-refractivity contribution in [2.45, 2.75) is 45.4 Å². The maximum absolute atomic E-state index is 3.43. The predicted molar refractivity (Wildman–Crippen MR) is 50.5 cm³/mol. The second-order valence-electron chi connectivity index (χ2n) is 2.87. The van der Waals surface area contributed by atoms with Gasteiger partial charge in [-0.1, -0.05) is 20.8 Å². The van der Waals surface area contributed by atoms with E-state index in [1.54, 1.807) is 0 Å². The Labute approximate surface area is 69.0 Å². The molecule has 0 aliphatic rings. The van der Waals surface area contributed by atoms with Crippen LogP contribution in [0.4, 0.5) is 0 Å². The van der Waals surface area contributed by atoms with Gasteiger partial charge in [0.2, 0.25) is 0 Å². The largest absolute Gasteiger partial charge is 0.305 e. The Morgan fingerprint density at radius 1 is 1.30 bits per heavy atom. The highest BCUT2D eigenvalue weighted by molar-refractivity contribution is 7.99. The molecule has 0 aliphatic carbocycles. The molecule has 0 aromatic heterocycles. The zero-order valence-electron chi connectivity index (χ0n) is 7.48. The molecular formula is C8H19NS. The monoisotopic (exact) mass is 161 g/mol. The molecule has 1 unspecified atom stereocenters. The maximum Gasteiger partial charge on any atom is 0.0422 e. The van der Waals surface area contributed by atoms with Gasteiger partial charge in [0.1, 0.15) is 0 Å². The van der Waals surface area contributed by atoms with Crippen LogP contribution in [0.15, 0.2) is 0 Å². The van der Waals surface area contributed by atoms with Crippen LogP contribution in [0, 0.1) is 0 Å². The molecule has 62 valence electrons. The van der Waals surface area contributed by atoms with Crippen LogP contribution in [0.5, 0.6) is 0 Å². The topological polar surface area (TPSA) is 12.0 Å². The van der Waals surface area contributed by atoms with Crippen molar-refractivity contribution in [3.8, 4) is 0 Å². The molecule has 1 nitrogen and oxygen atoms in total. The minimum absolute atomic E-state index is 0.672. The summed E-state index contributed by atoms with van der Waals surface area (Å²) in [5.74, 6) is 1.09. The second-order valence-corrected chi connectivity index (χ2v) is 4.44. The van der Waals surface area contributed by atoms with Gasteiger partial charge in [-0.25, -0.2) is 0 Å². The Morgan fingerprint density at radius 3 is 2.30 bits per heavy atom. The van der Waals surface area contributed by atoms with E-state index in [0.717, 1.165) is 11.1 Å². The van der Waals surface area contributed by atoms with Gasteiger partial charge in [0.25, 0.3) is 0 Å². The van der Waals surface area contributed by atoms with Crippen molar-refractivity contribution in [1.29, 1.82) is 0 Å². The van der Waals surface area contributed by atoms with Crippen LogP contribution < -0.4 is 5.32 Å². The lowest BCUT2D eigenvalue weighted by Gasteiger charge is -2.11. The first-order valence-electron chi connectivity index (χ1n) is 4.01. The Kier molecular flexibility index (Phi) is 6.24. The smallest absolute Gasteiger partial charge is 0.0422 e. The van der Waals surface area contributed by atoms with E-state index in [0.29, 0.717) is 6.04 Å². The summed E-state index contributed by atoms with van der Waals surface area (Å²) in [5, 5.41) is 4.17. The van der Waals surface area contributed by atoms with Crippen LogP contribution in [-0.2, 0) is 0 Å². The van der Waals surface area contributed by atoms with Crippen LogP contribution in [0.25, 0.3) is 0 Å². The molecule has 0 saturated heterocycles. The van der Waals surface area contributed by atoms with Gasteiger partial charge in [0.15, 0.2) is 0 Å². The molecule has 0 amide bonds. The number of hydrogen-bond donors (Lipinski definition) is 1. The van der Waals surface area contributed by atoms with Crippen LogP contribution in [0.3, 0.4) is 0 Å². The van der Waals surface area contributed by atoms with Gasteiger partial charge < -0.3 is 5.32 Å². The number of rotatable bonds is 5. The molecule has 0 rings (SSSR count). The van der Waals surface area contributed by atoms with Gasteiger partial charge in [0, 0.05) is 17.2 Å². The van der Waals surface area contributed by atoms with Crippen molar-refractivity contribution in [1.82, 2.24) is 5.32 Å². The number of nitrogens with one attached hydrogen (secondary N) is 1. The van der Waals surface area contributed by atoms with Gasteiger partial charge in [-0.15, -0.1) is 11.8 Å². The lowest BCUT2D eigenvalue weighted by atomic mass is 10.3. The number of hydrogen-bond acceptors (Lipinski definition) is 2. The first kappa shape index (κ1) is 10.3. The van der Waals surface area contributed by atoms with Crippen molar-refractivity contribution < 1.29 is 0 Å². The second kappa shape index (κ2) is 6.05. The van der Waals surface area contributed by atoms with Crippen molar-refractivity contribution in [3.05, 3.63) is 0 Å². The van der Waals surface area contributed by atoms with E-state index in [4.69, 9.17) is 0 Å². The number of thioether (sulfide) groups is 1. The molecule has 0 bridgehead atoms. The van der Waals surface area contributed by atoms with E-state index < -0.39 is 0 Å². The molecule has 0 saturated carbocycles. The average molecular weight is 161 g/mol. The fourth-order valence-corrected chi connectivity index (χ4v) is 1.22. The summed E-state index contributed by atoms with van der Waals surface area (Å²) >= 11 is 1.96. The average Bonchev–Trinajstić information content (AvgIpc) is 1.87. The molecule has 1 N–H and O–H groups in total. The van der Waals surface area contributed by atoms with E-state index in [-0.39, 0.29) is 0 Å². The molecule has 2 heteroatoms. The molecule has 0 aliphatic heterocycles. The van der Waals surface area contributed by atoms with E-state index in [2.05, 4.69) is 33.0 Å². The summed E-state index contributed by atoms with van der Waals surface area (Å²) in [6.45, 7) is 8.88. The first-order chi connectivity index (χ1) is 4.66. The van der Waals surface area contributed by atoms with Crippen LogP contribution >= 0.6 is 11.8 Å². The van der Waals surface area contributed by atoms with E-state index in [1.165, 1.54) is 6.42 Å². The highest BCUT2D eigenvalue weighted by atomic mass is 32.2. The SMILES string of the molecule is CCC(C)NCSC(C)C. The zero-order valence-corrected chi connectivity index (χ0v) is 8.29. The standard InChI is InChI=1S/C8H19NS/c1-5-8(4)9-6-10-7(2)3/h7-9H,5-6H2,1-4H3. The van der Waals surface area contributed by atoms with Crippen LogP contribution in [0.1, 0.15) is 34.1 Å². The van der Waals surface area contributed by atoms with E-state index in [1.807, 2.05) is 11.8 Å². The van der Waals surface area contributed by atoms with E-state index >= 15 is 0 Å². The predicted octanol–water partition coefficient (Wildman–Crippen LogP) is 2.47. The molecule has 0 aromatic rings. The molecule has 10 heavy (non-hydrogen) atoms. The van der Waals surface area contributed by atoms with Crippen molar-refractivity contribution >= 4 is 11.8 Å². The summed E-state index contributed by atoms with van der Waals surface area (Å²) in [7, 11) is 0. The van der Waals surface area contributed by atoms with Gasteiger partial charge in [-0.2, -0.15) is 0 Å². The zero-order chi connectivity index (χ0) is 7.98. The Bertz CT molecular complexity index is 73.7. The first-order valence-corrected chi connectivity index (χ1v) is 5.06. The molecule has 1 atom stereocenters. The fraction of sp³-hybridized carbons (Fsp3) is 1.00. The highest BCUT2D eigenvalue weighted by Crippen LogP contribution is 2.06. The molecule has 0 aromatic carbocycles. The van der Waals surface area contributed by atoms with Crippen molar-refractivity contribution in [2.75, 3.05) is 5.88 Å². The summed E-state index contributed by atoms with van der Waals surface area (Å²) < 4.78 is 0. The van der Waals surface area contributed by atoms with Gasteiger partial charge in [-0.05, 0) is 13.3 Å². The quantitative estimate of drug-likeness (QED) is 0.622. The molecular weight excluding hydrogens is 142 g/mol. The normalized spacial score (nSPS) is 14.1. The molecule has 0 radical (unpaired) electrons. The lowest BCUT2D eigenvalue weighted by molar-refractivity contribution is 0.583. The minimum atomic E-state index is 0.672. The highest BCUT2D eigenvalue weighted by Gasteiger charge is 1.97. The van der Waals surface area contributed by atoms with Gasteiger partial charge in [-0.3, -0.25) is 0 Å². The fourth-order valence-electron chi connectivity index (χ4n) is 0.501. The Balaban J connectivity index is 3.03. The third kappa shape index (κ3) is 6.43. The third-order valence-corrected chi connectivity index (χ3v) is 2.46. The molecule has 0 heterocycles. The van der Waals surface area contributed by atoms with Gasteiger partial charge in [0.05, 0.1) is 0 Å². The lowest BCUT2D eigenvalue weighted by Crippen LogP contribution is -2.25. The molecule has 0 spiro atoms. The van der Waals surface area contributed by atoms with E-state index in [9.17, 15) is 0 Å². The summed E-state index contributed by atoms with van der Waals surface area (Å²) in [5.41, 5.74) is 0. The summed E-state index contributed by atoms with van der Waals surface area (Å²) in [4.78, 5) is 0. The Morgan fingerprint density at radius 2 is 1.90 bits per heavy atom. The minimum Gasteiger partial charge on any atom is -0.305 e. The summed E-state index contributed by atoms with van der Waals surface area (Å²) in [6, 6.07) is 0.672. The van der Waals surface area contributed by atoms with Crippen LogP contribution in [-0.4, -0.2) is 17.2 Å². The van der Waals surface area contributed by atoms with Crippen LogP contribution in [0.2, 0.25) is 0 Å². The molecule has 0 fully saturated rings. The maximum atomic E-state index is 3.43. The summed E-state index contributed by atoms with van der Waals surface area (Å²) in [6.07, 6.45) is 1.22.